The molecule has 160 valence electrons. The van der Waals surface area contributed by atoms with Crippen LogP contribution in [0.1, 0.15) is 38.7 Å². The third-order valence-corrected chi connectivity index (χ3v) is 7.43. The summed E-state index contributed by atoms with van der Waals surface area (Å²) in [4.78, 5) is 7.09. The molecule has 0 spiro atoms. The molecule has 0 aromatic heterocycles. The number of nitrogens with zero attached hydrogens (tertiary/aromatic N) is 3. The lowest BCUT2D eigenvalue weighted by atomic mass is 9.87. The summed E-state index contributed by atoms with van der Waals surface area (Å²) in [5.74, 6) is 2.46. The van der Waals surface area contributed by atoms with Crippen molar-refractivity contribution in [2.45, 2.75) is 44.6 Å². The molecule has 1 unspecified atom stereocenters. The topological polar surface area (TPSA) is 65.0 Å². The number of sulfonamides is 1. The molecule has 1 heterocycles. The van der Waals surface area contributed by atoms with Crippen LogP contribution in [0.4, 0.5) is 0 Å². The molecule has 1 aliphatic rings. The fourth-order valence-corrected chi connectivity index (χ4v) is 4.72. The summed E-state index contributed by atoms with van der Waals surface area (Å²) in [5.41, 5.74) is 1.03. The molecular formula is C20H35IN4O2S. The summed E-state index contributed by atoms with van der Waals surface area (Å²) < 4.78 is 25.5. The molecule has 0 bridgehead atoms. The minimum atomic E-state index is -3.38. The number of aliphatic imine (C=N–C) groups is 1. The molecule has 1 aromatic carbocycles. The Labute approximate surface area is 187 Å². The van der Waals surface area contributed by atoms with Crippen molar-refractivity contribution in [2.75, 3.05) is 34.2 Å². The van der Waals surface area contributed by atoms with Crippen LogP contribution in [0, 0.1) is 11.8 Å². The van der Waals surface area contributed by atoms with E-state index in [1.54, 1.807) is 26.2 Å². The van der Waals surface area contributed by atoms with Gasteiger partial charge < -0.3 is 10.2 Å². The van der Waals surface area contributed by atoms with Crippen molar-refractivity contribution >= 4 is 40.0 Å². The molecule has 0 radical (unpaired) electrons. The molecule has 0 aliphatic carbocycles. The van der Waals surface area contributed by atoms with Crippen LogP contribution in [-0.2, 0) is 16.6 Å². The third-order valence-electron chi connectivity index (χ3n) is 5.60. The quantitative estimate of drug-likeness (QED) is 0.339. The number of rotatable bonds is 7. The Morgan fingerprint density at radius 3 is 2.36 bits per heavy atom. The first-order valence-corrected chi connectivity index (χ1v) is 11.2. The maximum Gasteiger partial charge on any atom is 0.242 e. The Morgan fingerprint density at radius 1 is 1.25 bits per heavy atom. The van der Waals surface area contributed by atoms with Crippen LogP contribution in [0.25, 0.3) is 0 Å². The maximum atomic E-state index is 12.1. The standard InChI is InChI=1S/C20H34N4O2S.HI/c1-6-17(7-2)18-12-13-24(15-18)20(21-3)22-14-16-8-10-19(11-9-16)27(25,26)23(4)5;/h8-11,17-18H,6-7,12-15H2,1-5H3,(H,21,22);1H. The van der Waals surface area contributed by atoms with E-state index in [4.69, 9.17) is 0 Å². The zero-order chi connectivity index (χ0) is 20.0. The van der Waals surface area contributed by atoms with Crippen LogP contribution >= 0.6 is 24.0 Å². The SMILES string of the molecule is CCC(CC)C1CCN(C(=NC)NCc2ccc(S(=O)(=O)N(C)C)cc2)C1.I. The summed E-state index contributed by atoms with van der Waals surface area (Å²) >= 11 is 0. The second-order valence-corrected chi connectivity index (χ2v) is 9.56. The second-order valence-electron chi connectivity index (χ2n) is 7.40. The molecule has 0 amide bonds. The minimum Gasteiger partial charge on any atom is -0.352 e. The van der Waals surface area contributed by atoms with Gasteiger partial charge >= 0.3 is 0 Å². The zero-order valence-electron chi connectivity index (χ0n) is 17.7. The van der Waals surface area contributed by atoms with Crippen molar-refractivity contribution in [1.29, 1.82) is 0 Å². The summed E-state index contributed by atoms with van der Waals surface area (Å²) in [6.07, 6.45) is 3.70. The molecule has 0 saturated carbocycles. The molecule has 6 nitrogen and oxygen atoms in total. The molecule has 1 N–H and O–H groups in total. The maximum absolute atomic E-state index is 12.1. The average Bonchev–Trinajstić information content (AvgIpc) is 3.13. The van der Waals surface area contributed by atoms with Gasteiger partial charge in [0, 0.05) is 40.8 Å². The molecule has 1 atom stereocenters. The van der Waals surface area contributed by atoms with Gasteiger partial charge in [-0.15, -0.1) is 24.0 Å². The van der Waals surface area contributed by atoms with Gasteiger partial charge in [0.1, 0.15) is 0 Å². The van der Waals surface area contributed by atoms with Gasteiger partial charge in [0.2, 0.25) is 10.0 Å². The highest BCUT2D eigenvalue weighted by Crippen LogP contribution is 2.28. The van der Waals surface area contributed by atoms with Gasteiger partial charge in [-0.2, -0.15) is 0 Å². The van der Waals surface area contributed by atoms with E-state index >= 15 is 0 Å². The number of hydrogen-bond donors (Lipinski definition) is 1. The normalized spacial score (nSPS) is 17.9. The number of nitrogens with one attached hydrogen (secondary N) is 1. The van der Waals surface area contributed by atoms with E-state index < -0.39 is 10.0 Å². The summed E-state index contributed by atoms with van der Waals surface area (Å²) in [7, 11) is 1.52. The molecule has 1 aromatic rings. The van der Waals surface area contributed by atoms with E-state index in [0.29, 0.717) is 11.4 Å². The van der Waals surface area contributed by atoms with Crippen molar-refractivity contribution in [3.8, 4) is 0 Å². The molecule has 2 rings (SSSR count). The Bertz CT molecular complexity index is 731. The highest BCUT2D eigenvalue weighted by molar-refractivity contribution is 14.0. The molecule has 1 saturated heterocycles. The molecule has 1 aliphatic heterocycles. The monoisotopic (exact) mass is 522 g/mol. The van der Waals surface area contributed by atoms with Gasteiger partial charge in [0.25, 0.3) is 0 Å². The zero-order valence-corrected chi connectivity index (χ0v) is 20.8. The summed E-state index contributed by atoms with van der Waals surface area (Å²) in [6.45, 7) is 7.29. The van der Waals surface area contributed by atoms with Gasteiger partial charge in [0.05, 0.1) is 4.90 Å². The highest BCUT2D eigenvalue weighted by Gasteiger charge is 2.29. The van der Waals surface area contributed by atoms with E-state index in [9.17, 15) is 8.42 Å². The second kappa shape index (κ2) is 11.3. The lowest BCUT2D eigenvalue weighted by Gasteiger charge is -2.24. The van der Waals surface area contributed by atoms with E-state index in [1.807, 2.05) is 19.2 Å². The average molecular weight is 522 g/mol. The third kappa shape index (κ3) is 6.06. The molecule has 28 heavy (non-hydrogen) atoms. The van der Waals surface area contributed by atoms with E-state index in [0.717, 1.165) is 36.4 Å². The first kappa shape index (κ1) is 25.2. The van der Waals surface area contributed by atoms with Gasteiger partial charge in [-0.3, -0.25) is 4.99 Å². The van der Waals surface area contributed by atoms with Crippen LogP contribution in [0.2, 0.25) is 0 Å². The minimum absolute atomic E-state index is 0. The van der Waals surface area contributed by atoms with E-state index in [2.05, 4.69) is 29.1 Å². The Kier molecular flexibility index (Phi) is 10.2. The molecule has 1 fully saturated rings. The fourth-order valence-electron chi connectivity index (χ4n) is 3.82. The Hall–Kier alpha value is -0.870. The first-order chi connectivity index (χ1) is 12.8. The Balaban J connectivity index is 0.00000392. The van der Waals surface area contributed by atoms with Gasteiger partial charge in [-0.25, -0.2) is 12.7 Å². The van der Waals surface area contributed by atoms with Gasteiger partial charge in [-0.1, -0.05) is 38.8 Å². The van der Waals surface area contributed by atoms with Crippen molar-refractivity contribution in [3.63, 3.8) is 0 Å². The number of halogens is 1. The summed E-state index contributed by atoms with van der Waals surface area (Å²) in [5, 5.41) is 3.42. The number of likely N-dealkylation sites (tertiary alicyclic amines) is 1. The molecular weight excluding hydrogens is 487 g/mol. The van der Waals surface area contributed by atoms with Crippen molar-refractivity contribution in [3.05, 3.63) is 29.8 Å². The van der Waals surface area contributed by atoms with Crippen LogP contribution in [-0.4, -0.2) is 57.8 Å². The van der Waals surface area contributed by atoms with E-state index in [1.165, 1.54) is 23.6 Å². The number of benzene rings is 1. The van der Waals surface area contributed by atoms with Gasteiger partial charge in [0.15, 0.2) is 5.96 Å². The summed E-state index contributed by atoms with van der Waals surface area (Å²) in [6, 6.07) is 7.03. The van der Waals surface area contributed by atoms with Crippen molar-refractivity contribution in [1.82, 2.24) is 14.5 Å². The predicted molar refractivity (Wildman–Crippen MR) is 127 cm³/mol. The van der Waals surface area contributed by atoms with Crippen LogP contribution in [0.5, 0.6) is 0 Å². The highest BCUT2D eigenvalue weighted by atomic mass is 127. The Morgan fingerprint density at radius 2 is 1.86 bits per heavy atom. The molecule has 8 heteroatoms. The number of guanidine groups is 1. The largest absolute Gasteiger partial charge is 0.352 e. The van der Waals surface area contributed by atoms with Crippen LogP contribution in [0.15, 0.2) is 34.2 Å². The lowest BCUT2D eigenvalue weighted by Crippen LogP contribution is -2.40. The fraction of sp³-hybridized carbons (Fsp3) is 0.650. The van der Waals surface area contributed by atoms with E-state index in [-0.39, 0.29) is 24.0 Å². The van der Waals surface area contributed by atoms with Crippen LogP contribution < -0.4 is 5.32 Å². The first-order valence-electron chi connectivity index (χ1n) is 9.80. The lowest BCUT2D eigenvalue weighted by molar-refractivity contribution is 0.319. The van der Waals surface area contributed by atoms with Crippen molar-refractivity contribution < 1.29 is 8.42 Å². The number of hydrogen-bond acceptors (Lipinski definition) is 3. The van der Waals surface area contributed by atoms with Crippen LogP contribution in [0.3, 0.4) is 0 Å². The smallest absolute Gasteiger partial charge is 0.242 e. The van der Waals surface area contributed by atoms with Gasteiger partial charge in [-0.05, 0) is 36.0 Å². The van der Waals surface area contributed by atoms with Crippen molar-refractivity contribution in [2.24, 2.45) is 16.8 Å². The predicted octanol–water partition coefficient (Wildman–Crippen LogP) is 3.39.